The smallest absolute Gasteiger partial charge is 0.260 e. The van der Waals surface area contributed by atoms with Crippen molar-refractivity contribution in [3.8, 4) is 0 Å². The van der Waals surface area contributed by atoms with E-state index in [1.54, 1.807) is 0 Å². The molecule has 1 amide bonds. The van der Waals surface area contributed by atoms with Crippen molar-refractivity contribution in [3.05, 3.63) is 107 Å². The van der Waals surface area contributed by atoms with Gasteiger partial charge >= 0.3 is 0 Å². The number of aromatic nitrogens is 1. The van der Waals surface area contributed by atoms with E-state index in [4.69, 9.17) is 0 Å². The zero-order valence-corrected chi connectivity index (χ0v) is 16.6. The molecule has 0 aliphatic carbocycles. The highest BCUT2D eigenvalue weighted by Gasteiger charge is 2.12. The standard InChI is InChI=1S/C25H23N3O/c1-18-12-13-22(19(2)16-18)25(21-9-4-3-5-10-21)27-26-24(29)17-28-15-14-20-8-6-7-11-23(20)28/h3-16H,17H2,1-2H3,(H,26,29)/b27-25+. The van der Waals surface area contributed by atoms with Gasteiger partial charge in [0.05, 0.1) is 5.71 Å². The summed E-state index contributed by atoms with van der Waals surface area (Å²) in [5.41, 5.74) is 8.83. The summed E-state index contributed by atoms with van der Waals surface area (Å²) in [5.74, 6) is -0.162. The van der Waals surface area contributed by atoms with Crippen molar-refractivity contribution in [3.63, 3.8) is 0 Å². The van der Waals surface area contributed by atoms with Gasteiger partial charge in [-0.1, -0.05) is 72.3 Å². The molecule has 1 N–H and O–H groups in total. The molecule has 0 fully saturated rings. The van der Waals surface area contributed by atoms with Gasteiger partial charge in [0.1, 0.15) is 6.54 Å². The van der Waals surface area contributed by atoms with Gasteiger partial charge in [-0.2, -0.15) is 5.10 Å². The fourth-order valence-corrected chi connectivity index (χ4v) is 3.54. The molecule has 0 aliphatic rings. The van der Waals surface area contributed by atoms with E-state index in [2.05, 4.69) is 42.6 Å². The van der Waals surface area contributed by atoms with Crippen molar-refractivity contribution in [1.82, 2.24) is 9.99 Å². The maximum absolute atomic E-state index is 12.6. The molecule has 0 radical (unpaired) electrons. The van der Waals surface area contributed by atoms with Gasteiger partial charge in [0.15, 0.2) is 0 Å². The van der Waals surface area contributed by atoms with Crippen LogP contribution in [0, 0.1) is 13.8 Å². The second-order valence-corrected chi connectivity index (χ2v) is 7.18. The molecule has 0 atom stereocenters. The second kappa shape index (κ2) is 8.15. The van der Waals surface area contributed by atoms with E-state index >= 15 is 0 Å². The minimum absolute atomic E-state index is 0.162. The molecule has 3 aromatic carbocycles. The number of carbonyl (C=O) groups is 1. The summed E-state index contributed by atoms with van der Waals surface area (Å²) in [6.07, 6.45) is 1.93. The summed E-state index contributed by atoms with van der Waals surface area (Å²) in [6.45, 7) is 4.35. The lowest BCUT2D eigenvalue weighted by atomic mass is 9.97. The molecule has 4 rings (SSSR count). The normalized spacial score (nSPS) is 11.6. The third kappa shape index (κ3) is 4.11. The van der Waals surface area contributed by atoms with Gasteiger partial charge in [-0.25, -0.2) is 5.43 Å². The molecule has 0 spiro atoms. The zero-order valence-electron chi connectivity index (χ0n) is 16.6. The summed E-state index contributed by atoms with van der Waals surface area (Å²) in [4.78, 5) is 12.6. The average molecular weight is 381 g/mol. The number of rotatable bonds is 5. The van der Waals surface area contributed by atoms with Gasteiger partial charge in [-0.3, -0.25) is 4.79 Å². The monoisotopic (exact) mass is 381 g/mol. The Morgan fingerprint density at radius 2 is 1.69 bits per heavy atom. The number of fused-ring (bicyclic) bond motifs is 1. The van der Waals surface area contributed by atoms with Crippen LogP contribution in [0.4, 0.5) is 0 Å². The molecule has 4 nitrogen and oxygen atoms in total. The molecule has 1 aromatic heterocycles. The maximum Gasteiger partial charge on any atom is 0.260 e. The Labute approximate surface area is 170 Å². The summed E-state index contributed by atoms with van der Waals surface area (Å²) in [5, 5.41) is 5.63. The van der Waals surface area contributed by atoms with Crippen molar-refractivity contribution >= 4 is 22.5 Å². The Morgan fingerprint density at radius 3 is 2.48 bits per heavy atom. The highest BCUT2D eigenvalue weighted by molar-refractivity contribution is 6.14. The van der Waals surface area contributed by atoms with Gasteiger partial charge in [-0.05, 0) is 36.9 Å². The van der Waals surface area contributed by atoms with Crippen LogP contribution in [0.5, 0.6) is 0 Å². The molecule has 0 unspecified atom stereocenters. The van der Waals surface area contributed by atoms with Crippen molar-refractivity contribution in [1.29, 1.82) is 0 Å². The van der Waals surface area contributed by atoms with Gasteiger partial charge in [0.2, 0.25) is 0 Å². The number of amides is 1. The van der Waals surface area contributed by atoms with Gasteiger partial charge in [-0.15, -0.1) is 0 Å². The van der Waals surface area contributed by atoms with E-state index in [0.29, 0.717) is 0 Å². The number of aryl methyl sites for hydroxylation is 2. The number of benzene rings is 3. The molecule has 144 valence electrons. The molecule has 1 heterocycles. The minimum atomic E-state index is -0.162. The number of nitrogens with one attached hydrogen (secondary N) is 1. The molecule has 0 saturated heterocycles. The quantitative estimate of drug-likeness (QED) is 0.391. The van der Waals surface area contributed by atoms with Crippen LogP contribution in [0.1, 0.15) is 22.3 Å². The van der Waals surface area contributed by atoms with E-state index in [1.807, 2.05) is 71.4 Å². The molecule has 29 heavy (non-hydrogen) atoms. The fourth-order valence-electron chi connectivity index (χ4n) is 3.54. The Bertz CT molecular complexity index is 1190. The minimum Gasteiger partial charge on any atom is -0.338 e. The van der Waals surface area contributed by atoms with Crippen LogP contribution in [-0.4, -0.2) is 16.2 Å². The number of para-hydroxylation sites is 1. The first kappa shape index (κ1) is 18.7. The van der Waals surface area contributed by atoms with Crippen molar-refractivity contribution in [2.45, 2.75) is 20.4 Å². The van der Waals surface area contributed by atoms with Crippen LogP contribution in [0.2, 0.25) is 0 Å². The first-order valence-corrected chi connectivity index (χ1v) is 9.65. The summed E-state index contributed by atoms with van der Waals surface area (Å²) >= 11 is 0. The van der Waals surface area contributed by atoms with Crippen LogP contribution >= 0.6 is 0 Å². The molecule has 0 aliphatic heterocycles. The molecular weight excluding hydrogens is 358 g/mol. The van der Waals surface area contributed by atoms with Gasteiger partial charge in [0.25, 0.3) is 5.91 Å². The van der Waals surface area contributed by atoms with Crippen LogP contribution in [0.3, 0.4) is 0 Å². The highest BCUT2D eigenvalue weighted by Crippen LogP contribution is 2.17. The van der Waals surface area contributed by atoms with E-state index < -0.39 is 0 Å². The fraction of sp³-hybridized carbons (Fsp3) is 0.120. The lowest BCUT2D eigenvalue weighted by Crippen LogP contribution is -2.25. The Balaban J connectivity index is 1.62. The third-order valence-corrected chi connectivity index (χ3v) is 4.97. The maximum atomic E-state index is 12.6. The molecular formula is C25H23N3O. The van der Waals surface area contributed by atoms with E-state index in [9.17, 15) is 4.79 Å². The Kier molecular flexibility index (Phi) is 5.25. The molecule has 0 bridgehead atoms. The van der Waals surface area contributed by atoms with E-state index in [1.165, 1.54) is 5.56 Å². The van der Waals surface area contributed by atoms with Crippen molar-refractivity contribution in [2.24, 2.45) is 5.10 Å². The number of nitrogens with zero attached hydrogens (tertiary/aromatic N) is 2. The summed E-state index contributed by atoms with van der Waals surface area (Å²) in [7, 11) is 0. The lowest BCUT2D eigenvalue weighted by molar-refractivity contribution is -0.121. The largest absolute Gasteiger partial charge is 0.338 e. The summed E-state index contributed by atoms with van der Waals surface area (Å²) in [6, 6.07) is 26.2. The Hall–Kier alpha value is -3.66. The SMILES string of the molecule is Cc1ccc(/C(=N/NC(=O)Cn2ccc3ccccc32)c2ccccc2)c(C)c1. The third-order valence-electron chi connectivity index (χ3n) is 4.97. The Morgan fingerprint density at radius 1 is 0.931 bits per heavy atom. The zero-order chi connectivity index (χ0) is 20.2. The average Bonchev–Trinajstić information content (AvgIpc) is 3.13. The predicted molar refractivity (Wildman–Crippen MR) is 118 cm³/mol. The lowest BCUT2D eigenvalue weighted by Gasteiger charge is -2.12. The van der Waals surface area contributed by atoms with Gasteiger partial charge in [0, 0.05) is 22.8 Å². The number of hydrazone groups is 1. The number of hydrogen-bond donors (Lipinski definition) is 1. The molecule has 0 saturated carbocycles. The molecule has 4 heteroatoms. The first-order chi connectivity index (χ1) is 14.1. The topological polar surface area (TPSA) is 46.4 Å². The van der Waals surface area contributed by atoms with E-state index in [-0.39, 0.29) is 12.5 Å². The van der Waals surface area contributed by atoms with Gasteiger partial charge < -0.3 is 4.57 Å². The van der Waals surface area contributed by atoms with Crippen LogP contribution in [-0.2, 0) is 11.3 Å². The highest BCUT2D eigenvalue weighted by atomic mass is 16.2. The van der Waals surface area contributed by atoms with Crippen molar-refractivity contribution in [2.75, 3.05) is 0 Å². The van der Waals surface area contributed by atoms with Crippen LogP contribution < -0.4 is 5.43 Å². The number of carbonyl (C=O) groups excluding carboxylic acids is 1. The molecule has 4 aromatic rings. The second-order valence-electron chi connectivity index (χ2n) is 7.18. The predicted octanol–water partition coefficient (Wildman–Crippen LogP) is 4.83. The summed E-state index contributed by atoms with van der Waals surface area (Å²) < 4.78 is 1.93. The van der Waals surface area contributed by atoms with Crippen molar-refractivity contribution < 1.29 is 4.79 Å². The van der Waals surface area contributed by atoms with Crippen LogP contribution in [0.15, 0.2) is 90.2 Å². The number of hydrogen-bond acceptors (Lipinski definition) is 2. The first-order valence-electron chi connectivity index (χ1n) is 9.65. The van der Waals surface area contributed by atoms with Crippen LogP contribution in [0.25, 0.3) is 10.9 Å². The van der Waals surface area contributed by atoms with E-state index in [0.717, 1.165) is 33.3 Å².